The Hall–Kier alpha value is -1.23. The molecule has 1 N–H and O–H groups in total. The van der Waals surface area contributed by atoms with Crippen LogP contribution in [0.5, 0.6) is 0 Å². The number of fused-ring (bicyclic) bond motifs is 1. The van der Waals surface area contributed by atoms with Gasteiger partial charge >= 0.3 is 0 Å². The molecule has 122 valence electrons. The Labute approximate surface area is 142 Å². The number of thiazole rings is 1. The Morgan fingerprint density at radius 2 is 2.22 bits per heavy atom. The number of nitrogens with zero attached hydrogens (tertiary/aromatic N) is 2. The highest BCUT2D eigenvalue weighted by atomic mass is 32.1. The predicted molar refractivity (Wildman–Crippen MR) is 95.7 cm³/mol. The summed E-state index contributed by atoms with van der Waals surface area (Å²) in [5.74, 6) is 0.805. The van der Waals surface area contributed by atoms with Gasteiger partial charge < -0.3 is 5.32 Å². The number of hydrogen-bond acceptors (Lipinski definition) is 4. The van der Waals surface area contributed by atoms with E-state index in [1.165, 1.54) is 55.2 Å². The molecule has 0 spiro atoms. The molecule has 0 amide bonds. The number of rotatable bonds is 5. The summed E-state index contributed by atoms with van der Waals surface area (Å²) < 4.78 is 0. The van der Waals surface area contributed by atoms with Gasteiger partial charge in [0.15, 0.2) is 0 Å². The third-order valence-electron chi connectivity index (χ3n) is 5.72. The minimum absolute atomic E-state index is 0.467. The summed E-state index contributed by atoms with van der Waals surface area (Å²) in [5.41, 5.74) is 5.13. The van der Waals surface area contributed by atoms with E-state index in [2.05, 4.69) is 52.5 Å². The fourth-order valence-corrected chi connectivity index (χ4v) is 5.15. The molecule has 1 aromatic heterocycles. The maximum atomic E-state index is 4.40. The van der Waals surface area contributed by atoms with Crippen molar-refractivity contribution in [3.05, 3.63) is 52.0 Å². The van der Waals surface area contributed by atoms with Crippen molar-refractivity contribution < 1.29 is 0 Å². The van der Waals surface area contributed by atoms with E-state index >= 15 is 0 Å². The SMILES string of the molecule is Cc1ncsc1CN1CC2CNCC2(CCc2ccccc2)C1. The van der Waals surface area contributed by atoms with Gasteiger partial charge in [0.05, 0.1) is 11.2 Å². The highest BCUT2D eigenvalue weighted by molar-refractivity contribution is 7.09. The van der Waals surface area contributed by atoms with Gasteiger partial charge in [-0.05, 0) is 37.8 Å². The van der Waals surface area contributed by atoms with Crippen LogP contribution >= 0.6 is 11.3 Å². The van der Waals surface area contributed by atoms with Crippen molar-refractivity contribution in [3.8, 4) is 0 Å². The zero-order chi connectivity index (χ0) is 15.7. The van der Waals surface area contributed by atoms with E-state index in [1.807, 2.05) is 5.51 Å². The van der Waals surface area contributed by atoms with Crippen molar-refractivity contribution in [1.82, 2.24) is 15.2 Å². The summed E-state index contributed by atoms with van der Waals surface area (Å²) in [5, 5.41) is 3.66. The molecule has 2 aromatic rings. The van der Waals surface area contributed by atoms with Gasteiger partial charge in [-0.2, -0.15) is 0 Å². The van der Waals surface area contributed by atoms with E-state index in [0.29, 0.717) is 5.41 Å². The Kier molecular flexibility index (Phi) is 4.22. The maximum Gasteiger partial charge on any atom is 0.0798 e. The Bertz CT molecular complexity index is 654. The fourth-order valence-electron chi connectivity index (χ4n) is 4.33. The van der Waals surface area contributed by atoms with Gasteiger partial charge in [0.2, 0.25) is 0 Å². The molecule has 4 rings (SSSR count). The van der Waals surface area contributed by atoms with Crippen LogP contribution in [0.15, 0.2) is 35.8 Å². The summed E-state index contributed by atoms with van der Waals surface area (Å²) in [6.07, 6.45) is 2.50. The second kappa shape index (κ2) is 6.34. The Morgan fingerprint density at radius 3 is 3.00 bits per heavy atom. The van der Waals surface area contributed by atoms with Crippen LogP contribution in [-0.4, -0.2) is 36.1 Å². The number of nitrogens with one attached hydrogen (secondary N) is 1. The van der Waals surface area contributed by atoms with Crippen LogP contribution < -0.4 is 5.32 Å². The van der Waals surface area contributed by atoms with Gasteiger partial charge in [-0.3, -0.25) is 4.90 Å². The second-order valence-electron chi connectivity index (χ2n) is 7.21. The molecule has 2 saturated heterocycles. The average Bonchev–Trinajstić information content (AvgIpc) is 3.22. The van der Waals surface area contributed by atoms with Gasteiger partial charge in [0.1, 0.15) is 0 Å². The van der Waals surface area contributed by atoms with Gasteiger partial charge in [-0.25, -0.2) is 4.98 Å². The topological polar surface area (TPSA) is 28.2 Å². The maximum absolute atomic E-state index is 4.40. The first-order valence-corrected chi connectivity index (χ1v) is 9.49. The van der Waals surface area contributed by atoms with Gasteiger partial charge in [-0.15, -0.1) is 11.3 Å². The van der Waals surface area contributed by atoms with Crippen LogP contribution in [0.1, 0.15) is 22.6 Å². The van der Waals surface area contributed by atoms with Crippen molar-refractivity contribution in [1.29, 1.82) is 0 Å². The zero-order valence-electron chi connectivity index (χ0n) is 13.8. The van der Waals surface area contributed by atoms with Crippen molar-refractivity contribution >= 4 is 11.3 Å². The third-order valence-corrected chi connectivity index (χ3v) is 6.64. The van der Waals surface area contributed by atoms with Gasteiger partial charge in [0.25, 0.3) is 0 Å². The summed E-state index contributed by atoms with van der Waals surface area (Å²) in [6.45, 7) is 8.05. The van der Waals surface area contributed by atoms with E-state index in [-0.39, 0.29) is 0 Å². The van der Waals surface area contributed by atoms with Crippen molar-refractivity contribution in [2.24, 2.45) is 11.3 Å². The van der Waals surface area contributed by atoms with Gasteiger partial charge in [0, 0.05) is 36.5 Å². The van der Waals surface area contributed by atoms with E-state index < -0.39 is 0 Å². The predicted octanol–water partition coefficient (Wildman–Crippen LogP) is 3.11. The van der Waals surface area contributed by atoms with Crippen LogP contribution in [0.3, 0.4) is 0 Å². The first-order valence-electron chi connectivity index (χ1n) is 8.61. The lowest BCUT2D eigenvalue weighted by molar-refractivity contribution is 0.238. The summed E-state index contributed by atoms with van der Waals surface area (Å²) in [7, 11) is 0. The normalized spacial score (nSPS) is 27.4. The zero-order valence-corrected chi connectivity index (χ0v) is 14.6. The summed E-state index contributed by atoms with van der Waals surface area (Å²) in [6, 6.07) is 11.0. The molecular formula is C19H25N3S. The molecule has 2 aliphatic heterocycles. The molecule has 2 atom stereocenters. The van der Waals surface area contributed by atoms with Crippen LogP contribution in [0.2, 0.25) is 0 Å². The number of likely N-dealkylation sites (tertiary alicyclic amines) is 1. The lowest BCUT2D eigenvalue weighted by atomic mass is 9.76. The van der Waals surface area contributed by atoms with Crippen LogP contribution in [0.25, 0.3) is 0 Å². The van der Waals surface area contributed by atoms with E-state index in [1.54, 1.807) is 11.3 Å². The standard InChI is InChI=1S/C19H25N3S/c1-15-18(23-14-21-15)11-22-10-17-9-20-12-19(17,13-22)8-7-16-5-3-2-4-6-16/h2-6,14,17,20H,7-13H2,1H3. The van der Waals surface area contributed by atoms with Gasteiger partial charge in [-0.1, -0.05) is 30.3 Å². The highest BCUT2D eigenvalue weighted by Crippen LogP contribution is 2.43. The Balaban J connectivity index is 1.43. The van der Waals surface area contributed by atoms with E-state index in [4.69, 9.17) is 0 Å². The summed E-state index contributed by atoms with van der Waals surface area (Å²) in [4.78, 5) is 8.51. The lowest BCUT2D eigenvalue weighted by Gasteiger charge is -2.28. The fraction of sp³-hybridized carbons (Fsp3) is 0.526. The molecule has 4 heteroatoms. The van der Waals surface area contributed by atoms with E-state index in [9.17, 15) is 0 Å². The first kappa shape index (κ1) is 15.3. The number of hydrogen-bond donors (Lipinski definition) is 1. The molecule has 0 aliphatic carbocycles. The molecule has 0 radical (unpaired) electrons. The smallest absolute Gasteiger partial charge is 0.0798 e. The monoisotopic (exact) mass is 327 g/mol. The molecule has 0 saturated carbocycles. The van der Waals surface area contributed by atoms with Crippen LogP contribution in [0.4, 0.5) is 0 Å². The number of aryl methyl sites for hydroxylation is 2. The molecule has 3 heterocycles. The quantitative estimate of drug-likeness (QED) is 0.914. The van der Waals surface area contributed by atoms with Crippen molar-refractivity contribution in [2.75, 3.05) is 26.2 Å². The number of benzene rings is 1. The molecule has 3 nitrogen and oxygen atoms in total. The molecule has 2 fully saturated rings. The average molecular weight is 327 g/mol. The van der Waals surface area contributed by atoms with E-state index in [0.717, 1.165) is 12.5 Å². The largest absolute Gasteiger partial charge is 0.316 e. The van der Waals surface area contributed by atoms with Crippen molar-refractivity contribution in [3.63, 3.8) is 0 Å². The van der Waals surface area contributed by atoms with Crippen molar-refractivity contribution in [2.45, 2.75) is 26.3 Å². The molecule has 2 aliphatic rings. The molecular weight excluding hydrogens is 302 g/mol. The second-order valence-corrected chi connectivity index (χ2v) is 8.15. The highest BCUT2D eigenvalue weighted by Gasteiger charge is 2.48. The molecule has 0 bridgehead atoms. The Morgan fingerprint density at radius 1 is 1.35 bits per heavy atom. The number of aromatic nitrogens is 1. The third kappa shape index (κ3) is 3.08. The van der Waals surface area contributed by atoms with Crippen LogP contribution in [-0.2, 0) is 13.0 Å². The lowest BCUT2D eigenvalue weighted by Crippen LogP contribution is -2.33. The minimum atomic E-state index is 0.467. The molecule has 23 heavy (non-hydrogen) atoms. The summed E-state index contributed by atoms with van der Waals surface area (Å²) >= 11 is 1.81. The molecule has 2 unspecified atom stereocenters. The molecule has 1 aromatic carbocycles. The first-order chi connectivity index (χ1) is 11.3. The van der Waals surface area contributed by atoms with Crippen LogP contribution in [0, 0.1) is 18.3 Å². The minimum Gasteiger partial charge on any atom is -0.316 e.